The Labute approximate surface area is 178 Å². The summed E-state index contributed by atoms with van der Waals surface area (Å²) in [6, 6.07) is 8.43. The molecule has 154 valence electrons. The Morgan fingerprint density at radius 2 is 2.10 bits per heavy atom. The van der Waals surface area contributed by atoms with Gasteiger partial charge in [-0.2, -0.15) is 4.98 Å². The monoisotopic (exact) mass is 410 g/mol. The molecule has 1 aliphatic carbocycles. The van der Waals surface area contributed by atoms with Gasteiger partial charge in [-0.15, -0.1) is 11.8 Å². The molecule has 0 aliphatic heterocycles. The van der Waals surface area contributed by atoms with E-state index in [9.17, 15) is 0 Å². The van der Waals surface area contributed by atoms with Gasteiger partial charge in [-0.05, 0) is 61.3 Å². The van der Waals surface area contributed by atoms with E-state index >= 15 is 0 Å². The summed E-state index contributed by atoms with van der Waals surface area (Å²) in [5.41, 5.74) is 2.87. The molecule has 1 aromatic carbocycles. The fraction of sp³-hybridized carbons (Fsp3) is 0.417. The smallest absolute Gasteiger partial charge is 0.232 e. The van der Waals surface area contributed by atoms with Crippen molar-refractivity contribution in [3.8, 4) is 0 Å². The maximum atomic E-state index is 6.28. The molecule has 1 fully saturated rings. The molecule has 0 amide bonds. The van der Waals surface area contributed by atoms with Crippen LogP contribution in [0.3, 0.4) is 0 Å². The summed E-state index contributed by atoms with van der Waals surface area (Å²) < 4.78 is 11.7. The van der Waals surface area contributed by atoms with Gasteiger partial charge in [0.05, 0.1) is 0 Å². The predicted molar refractivity (Wildman–Crippen MR) is 120 cm³/mol. The van der Waals surface area contributed by atoms with Crippen molar-refractivity contribution in [2.75, 3.05) is 6.26 Å². The average Bonchev–Trinajstić information content (AvgIpc) is 3.39. The number of aromatic nitrogens is 2. The number of nitrogens with zero attached hydrogens (tertiary/aromatic N) is 2. The summed E-state index contributed by atoms with van der Waals surface area (Å²) in [7, 11) is 0. The number of rotatable bonds is 8. The van der Waals surface area contributed by atoms with Gasteiger partial charge < -0.3 is 9.26 Å². The molecule has 0 atom stereocenters. The van der Waals surface area contributed by atoms with Gasteiger partial charge in [-0.1, -0.05) is 50.7 Å². The average molecular weight is 411 g/mol. The van der Waals surface area contributed by atoms with Crippen LogP contribution in [0.1, 0.15) is 57.8 Å². The molecule has 0 N–H and O–H groups in total. The van der Waals surface area contributed by atoms with Crippen molar-refractivity contribution in [1.82, 2.24) is 10.1 Å². The lowest BCUT2D eigenvalue weighted by Gasteiger charge is -2.14. The van der Waals surface area contributed by atoms with Crippen LogP contribution in [-0.4, -0.2) is 16.4 Å². The van der Waals surface area contributed by atoms with Crippen LogP contribution in [0.2, 0.25) is 0 Å². The van der Waals surface area contributed by atoms with E-state index in [0.717, 1.165) is 11.3 Å². The minimum Gasteiger partial charge on any atom is -0.489 e. The van der Waals surface area contributed by atoms with Crippen molar-refractivity contribution in [1.29, 1.82) is 0 Å². The number of allylic oxidation sites excluding steroid dienone is 4. The lowest BCUT2D eigenvalue weighted by Crippen LogP contribution is -2.11. The number of hydrogen-bond acceptors (Lipinski definition) is 5. The van der Waals surface area contributed by atoms with Gasteiger partial charge in [0.15, 0.2) is 0 Å². The molecule has 1 aromatic heterocycles. The predicted octanol–water partition coefficient (Wildman–Crippen LogP) is 6.56. The standard InChI is InChI=1S/C24H30N2O2S/c1-7-20(18-11-12-18)21(27-15-17-9-8-10-19(14-17)29-6)13-16(2)22-25-23(28-26-22)24(3,4)5/h7-10,13-14,18H,2,11-12,15H2,1,3-6H3/b20-7-,21-13+. The third-order valence-corrected chi connectivity index (χ3v) is 5.53. The van der Waals surface area contributed by atoms with Gasteiger partial charge in [-0.3, -0.25) is 0 Å². The van der Waals surface area contributed by atoms with Gasteiger partial charge in [-0.25, -0.2) is 0 Å². The molecule has 29 heavy (non-hydrogen) atoms. The lowest BCUT2D eigenvalue weighted by atomic mass is 9.97. The Morgan fingerprint density at radius 1 is 1.34 bits per heavy atom. The Morgan fingerprint density at radius 3 is 2.69 bits per heavy atom. The van der Waals surface area contributed by atoms with Crippen LogP contribution in [0.25, 0.3) is 5.57 Å². The highest BCUT2D eigenvalue weighted by atomic mass is 32.2. The molecule has 5 heteroatoms. The first-order valence-electron chi connectivity index (χ1n) is 9.99. The van der Waals surface area contributed by atoms with E-state index in [0.29, 0.717) is 29.8 Å². The first-order valence-corrected chi connectivity index (χ1v) is 11.2. The summed E-state index contributed by atoms with van der Waals surface area (Å²) in [5.74, 6) is 2.52. The zero-order chi connectivity index (χ0) is 21.0. The van der Waals surface area contributed by atoms with Crippen LogP contribution in [-0.2, 0) is 16.8 Å². The van der Waals surface area contributed by atoms with Gasteiger partial charge >= 0.3 is 0 Å². The summed E-state index contributed by atoms with van der Waals surface area (Å²) in [4.78, 5) is 5.75. The first kappa shape index (κ1) is 21.4. The van der Waals surface area contributed by atoms with Crippen LogP contribution < -0.4 is 0 Å². The van der Waals surface area contributed by atoms with E-state index in [4.69, 9.17) is 9.26 Å². The highest BCUT2D eigenvalue weighted by molar-refractivity contribution is 7.98. The SMILES string of the molecule is C=C(/C=C(OCc1cccc(SC)c1)\C(=C/C)C1CC1)c1noc(C(C)(C)C)n1. The van der Waals surface area contributed by atoms with Crippen molar-refractivity contribution in [3.63, 3.8) is 0 Å². The van der Waals surface area contributed by atoms with Crippen molar-refractivity contribution in [3.05, 3.63) is 71.6 Å². The third kappa shape index (κ3) is 5.63. The number of hydrogen-bond donors (Lipinski definition) is 0. The Hall–Kier alpha value is -2.27. The minimum atomic E-state index is -0.195. The molecule has 2 aromatic rings. The van der Waals surface area contributed by atoms with E-state index in [1.807, 2.05) is 26.8 Å². The first-order chi connectivity index (χ1) is 13.8. The topological polar surface area (TPSA) is 48.2 Å². The molecule has 1 heterocycles. The largest absolute Gasteiger partial charge is 0.489 e. The molecular formula is C24H30N2O2S. The molecule has 3 rings (SSSR count). The molecule has 0 saturated heterocycles. The summed E-state index contributed by atoms with van der Waals surface area (Å²) >= 11 is 1.73. The molecule has 0 spiro atoms. The highest BCUT2D eigenvalue weighted by Crippen LogP contribution is 2.41. The molecule has 1 aliphatic rings. The van der Waals surface area contributed by atoms with E-state index in [1.165, 1.54) is 23.3 Å². The molecular weight excluding hydrogens is 380 g/mol. The molecule has 0 radical (unpaired) electrons. The van der Waals surface area contributed by atoms with Crippen molar-refractivity contribution >= 4 is 17.3 Å². The summed E-state index contributed by atoms with van der Waals surface area (Å²) in [6.45, 7) is 12.9. The Bertz CT molecular complexity index is 930. The van der Waals surface area contributed by atoms with Crippen LogP contribution in [0.5, 0.6) is 0 Å². The van der Waals surface area contributed by atoms with Gasteiger partial charge in [0, 0.05) is 15.9 Å². The summed E-state index contributed by atoms with van der Waals surface area (Å²) in [5, 5.41) is 4.11. The van der Waals surface area contributed by atoms with Crippen LogP contribution in [0, 0.1) is 5.92 Å². The second-order valence-electron chi connectivity index (χ2n) is 8.37. The Balaban J connectivity index is 1.82. The van der Waals surface area contributed by atoms with Crippen LogP contribution >= 0.6 is 11.8 Å². The second-order valence-corrected chi connectivity index (χ2v) is 9.25. The number of ether oxygens (including phenoxy) is 1. The van der Waals surface area contributed by atoms with E-state index < -0.39 is 0 Å². The number of thioether (sulfide) groups is 1. The Kier molecular flexibility index (Phi) is 6.68. The summed E-state index contributed by atoms with van der Waals surface area (Å²) in [6.07, 6.45) is 8.57. The fourth-order valence-corrected chi connectivity index (χ4v) is 3.47. The van der Waals surface area contributed by atoms with E-state index in [1.54, 1.807) is 11.8 Å². The molecule has 0 unspecified atom stereocenters. The molecule has 1 saturated carbocycles. The fourth-order valence-electron chi connectivity index (χ4n) is 2.99. The van der Waals surface area contributed by atoms with E-state index in [-0.39, 0.29) is 5.41 Å². The zero-order valence-electron chi connectivity index (χ0n) is 18.0. The minimum absolute atomic E-state index is 0.195. The van der Waals surface area contributed by atoms with Crippen LogP contribution in [0.15, 0.2) is 63.7 Å². The van der Waals surface area contributed by atoms with Gasteiger partial charge in [0.1, 0.15) is 12.4 Å². The van der Waals surface area contributed by atoms with Gasteiger partial charge in [0.25, 0.3) is 0 Å². The van der Waals surface area contributed by atoms with Crippen LogP contribution in [0.4, 0.5) is 0 Å². The van der Waals surface area contributed by atoms with Gasteiger partial charge in [0.2, 0.25) is 11.7 Å². The second kappa shape index (κ2) is 9.04. The van der Waals surface area contributed by atoms with E-state index in [2.05, 4.69) is 60.2 Å². The van der Waals surface area contributed by atoms with Crippen molar-refractivity contribution in [2.24, 2.45) is 5.92 Å². The zero-order valence-corrected chi connectivity index (χ0v) is 18.8. The molecule has 0 bridgehead atoms. The lowest BCUT2D eigenvalue weighted by molar-refractivity contribution is 0.204. The maximum absolute atomic E-state index is 6.28. The van der Waals surface area contributed by atoms with Crippen molar-refractivity contribution < 1.29 is 9.26 Å². The quantitative estimate of drug-likeness (QED) is 0.280. The number of benzene rings is 1. The molecule has 4 nitrogen and oxygen atoms in total. The van der Waals surface area contributed by atoms with Crippen molar-refractivity contribution in [2.45, 2.75) is 57.5 Å². The maximum Gasteiger partial charge on any atom is 0.232 e. The highest BCUT2D eigenvalue weighted by Gasteiger charge is 2.29. The third-order valence-electron chi connectivity index (χ3n) is 4.80. The normalized spacial score (nSPS) is 15.5.